The molecule has 2 aliphatic rings. The van der Waals surface area contributed by atoms with Crippen LogP contribution in [0.15, 0.2) is 30.5 Å². The highest BCUT2D eigenvalue weighted by atomic mass is 19.1. The van der Waals surface area contributed by atoms with E-state index in [1.54, 1.807) is 16.8 Å². The van der Waals surface area contributed by atoms with E-state index in [0.717, 1.165) is 37.8 Å². The van der Waals surface area contributed by atoms with E-state index in [2.05, 4.69) is 12.0 Å². The fraction of sp³-hybridized carbons (Fsp3) is 0.500. The topological polar surface area (TPSA) is 38.1 Å². The highest BCUT2D eigenvalue weighted by molar-refractivity contribution is 5.41. The molecule has 1 aromatic heterocycles. The average Bonchev–Trinajstić information content (AvgIpc) is 2.94. The fourth-order valence-corrected chi connectivity index (χ4v) is 4.44. The summed E-state index contributed by atoms with van der Waals surface area (Å²) in [7, 11) is 0. The number of rotatable bonds is 1. The Morgan fingerprint density at radius 1 is 1.32 bits per heavy atom. The zero-order valence-corrected chi connectivity index (χ0v) is 12.8. The second kappa shape index (κ2) is 4.92. The predicted octanol–water partition coefficient (Wildman–Crippen LogP) is 3.38. The smallest absolute Gasteiger partial charge is 0.148 e. The van der Waals surface area contributed by atoms with Gasteiger partial charge in [0.1, 0.15) is 11.5 Å². The van der Waals surface area contributed by atoms with E-state index in [-0.39, 0.29) is 17.3 Å². The van der Waals surface area contributed by atoms with Gasteiger partial charge in [0.05, 0.1) is 18.0 Å². The van der Waals surface area contributed by atoms with Gasteiger partial charge in [-0.15, -0.1) is 0 Å². The Kier molecular flexibility index (Phi) is 3.12. The van der Waals surface area contributed by atoms with Gasteiger partial charge in [0.2, 0.25) is 0 Å². The van der Waals surface area contributed by atoms with Crippen LogP contribution in [-0.2, 0) is 11.8 Å². The Morgan fingerprint density at radius 3 is 2.95 bits per heavy atom. The highest BCUT2D eigenvalue weighted by Gasteiger charge is 2.46. The lowest BCUT2D eigenvalue weighted by Crippen LogP contribution is -2.44. The molecule has 0 saturated heterocycles. The third kappa shape index (κ3) is 1.93. The number of benzene rings is 1. The van der Waals surface area contributed by atoms with Crippen molar-refractivity contribution in [2.45, 2.75) is 50.5 Å². The summed E-state index contributed by atoms with van der Waals surface area (Å²) in [6, 6.07) is 6.82. The SMILES string of the molecule is CC12CCC(O)CC1CCc1cnn(-c3ccccc3F)c12. The number of nitrogens with zero attached hydrogens (tertiary/aromatic N) is 2. The number of halogens is 1. The average molecular weight is 300 g/mol. The fourth-order valence-electron chi connectivity index (χ4n) is 4.44. The molecule has 2 aromatic rings. The largest absolute Gasteiger partial charge is 0.393 e. The molecule has 3 atom stereocenters. The molecule has 116 valence electrons. The van der Waals surface area contributed by atoms with E-state index in [1.165, 1.54) is 11.6 Å². The van der Waals surface area contributed by atoms with Crippen LogP contribution < -0.4 is 0 Å². The van der Waals surface area contributed by atoms with Gasteiger partial charge in [-0.1, -0.05) is 19.1 Å². The third-order valence-electron chi connectivity index (χ3n) is 5.68. The van der Waals surface area contributed by atoms with Crippen molar-refractivity contribution >= 4 is 0 Å². The quantitative estimate of drug-likeness (QED) is 0.877. The molecule has 1 N–H and O–H groups in total. The van der Waals surface area contributed by atoms with Crippen molar-refractivity contribution < 1.29 is 9.50 Å². The second-order valence-corrected chi connectivity index (χ2v) is 6.96. The minimum absolute atomic E-state index is 0.0222. The van der Waals surface area contributed by atoms with Crippen LogP contribution >= 0.6 is 0 Å². The van der Waals surface area contributed by atoms with E-state index in [1.807, 2.05) is 12.3 Å². The molecule has 1 heterocycles. The van der Waals surface area contributed by atoms with Gasteiger partial charge in [-0.2, -0.15) is 5.10 Å². The molecular formula is C18H21FN2O. The van der Waals surface area contributed by atoms with Crippen LogP contribution in [0.25, 0.3) is 5.69 Å². The minimum Gasteiger partial charge on any atom is -0.393 e. The third-order valence-corrected chi connectivity index (χ3v) is 5.68. The zero-order valence-electron chi connectivity index (χ0n) is 12.8. The number of fused-ring (bicyclic) bond motifs is 3. The molecule has 22 heavy (non-hydrogen) atoms. The van der Waals surface area contributed by atoms with Crippen molar-refractivity contribution in [1.82, 2.24) is 9.78 Å². The summed E-state index contributed by atoms with van der Waals surface area (Å²) in [4.78, 5) is 0. The molecule has 4 heteroatoms. The summed E-state index contributed by atoms with van der Waals surface area (Å²) in [6.45, 7) is 2.26. The summed E-state index contributed by atoms with van der Waals surface area (Å²) in [5.74, 6) is 0.209. The maximum Gasteiger partial charge on any atom is 0.148 e. The number of hydrogen-bond donors (Lipinski definition) is 1. The van der Waals surface area contributed by atoms with Gasteiger partial charge in [0.15, 0.2) is 0 Å². The lowest BCUT2D eigenvalue weighted by Gasteiger charge is -2.46. The Balaban J connectivity index is 1.87. The first-order valence-corrected chi connectivity index (χ1v) is 8.10. The number of aryl methyl sites for hydroxylation is 1. The molecular weight excluding hydrogens is 279 g/mol. The van der Waals surface area contributed by atoms with Gasteiger partial charge in [-0.25, -0.2) is 9.07 Å². The molecule has 1 fully saturated rings. The summed E-state index contributed by atoms with van der Waals surface area (Å²) >= 11 is 0. The van der Waals surface area contributed by atoms with Gasteiger partial charge in [-0.05, 0) is 55.7 Å². The molecule has 0 amide bonds. The molecule has 1 aromatic carbocycles. The number of aliphatic hydroxyl groups excluding tert-OH is 1. The second-order valence-electron chi connectivity index (χ2n) is 6.96. The molecule has 0 radical (unpaired) electrons. The molecule has 0 bridgehead atoms. The van der Waals surface area contributed by atoms with Crippen molar-refractivity contribution in [3.8, 4) is 5.69 Å². The van der Waals surface area contributed by atoms with Crippen molar-refractivity contribution in [2.24, 2.45) is 5.92 Å². The van der Waals surface area contributed by atoms with Crippen LogP contribution in [0.5, 0.6) is 0 Å². The first-order valence-electron chi connectivity index (χ1n) is 8.10. The molecule has 0 spiro atoms. The number of para-hydroxylation sites is 1. The predicted molar refractivity (Wildman–Crippen MR) is 82.5 cm³/mol. The summed E-state index contributed by atoms with van der Waals surface area (Å²) in [6.07, 6.45) is 6.36. The normalized spacial score (nSPS) is 30.7. The zero-order chi connectivity index (χ0) is 15.3. The molecule has 3 unspecified atom stereocenters. The van der Waals surface area contributed by atoms with E-state index in [9.17, 15) is 9.50 Å². The van der Waals surface area contributed by atoms with Crippen molar-refractivity contribution in [3.63, 3.8) is 0 Å². The molecule has 0 aliphatic heterocycles. The minimum atomic E-state index is -0.241. The Labute approximate surface area is 129 Å². The van der Waals surface area contributed by atoms with Crippen molar-refractivity contribution in [3.05, 3.63) is 47.5 Å². The van der Waals surface area contributed by atoms with Crippen LogP contribution in [0.1, 0.15) is 43.9 Å². The lowest BCUT2D eigenvalue weighted by atomic mass is 9.59. The van der Waals surface area contributed by atoms with Crippen LogP contribution in [0.2, 0.25) is 0 Å². The Morgan fingerprint density at radius 2 is 2.14 bits per heavy atom. The van der Waals surface area contributed by atoms with Crippen LogP contribution in [-0.4, -0.2) is 21.0 Å². The molecule has 1 saturated carbocycles. The number of aromatic nitrogens is 2. The Bertz CT molecular complexity index is 711. The van der Waals surface area contributed by atoms with Gasteiger partial charge >= 0.3 is 0 Å². The number of aliphatic hydroxyl groups is 1. The standard InChI is InChI=1S/C18H21FN2O/c1-18-9-8-14(22)10-13(18)7-6-12-11-20-21(17(12)18)16-5-3-2-4-15(16)19/h2-5,11,13-14,22H,6-10H2,1H3. The van der Waals surface area contributed by atoms with Gasteiger partial charge in [0.25, 0.3) is 0 Å². The van der Waals surface area contributed by atoms with E-state index in [4.69, 9.17) is 0 Å². The molecule has 4 rings (SSSR count). The summed E-state index contributed by atoms with van der Waals surface area (Å²) in [5.41, 5.74) is 2.89. The number of hydrogen-bond acceptors (Lipinski definition) is 2. The monoisotopic (exact) mass is 300 g/mol. The lowest BCUT2D eigenvalue weighted by molar-refractivity contribution is 0.0457. The van der Waals surface area contributed by atoms with Crippen LogP contribution in [0.4, 0.5) is 4.39 Å². The van der Waals surface area contributed by atoms with Crippen LogP contribution in [0, 0.1) is 11.7 Å². The van der Waals surface area contributed by atoms with Crippen molar-refractivity contribution in [2.75, 3.05) is 0 Å². The van der Waals surface area contributed by atoms with E-state index in [0.29, 0.717) is 11.6 Å². The van der Waals surface area contributed by atoms with E-state index >= 15 is 0 Å². The molecule has 2 aliphatic carbocycles. The van der Waals surface area contributed by atoms with E-state index < -0.39 is 0 Å². The first-order chi connectivity index (χ1) is 10.6. The maximum absolute atomic E-state index is 14.2. The van der Waals surface area contributed by atoms with Gasteiger partial charge in [-0.3, -0.25) is 0 Å². The maximum atomic E-state index is 14.2. The van der Waals surface area contributed by atoms with Gasteiger partial charge < -0.3 is 5.11 Å². The Hall–Kier alpha value is -1.68. The van der Waals surface area contributed by atoms with Crippen molar-refractivity contribution in [1.29, 1.82) is 0 Å². The summed E-state index contributed by atoms with van der Waals surface area (Å²) in [5, 5.41) is 14.5. The van der Waals surface area contributed by atoms with Gasteiger partial charge in [0, 0.05) is 5.41 Å². The first kappa shape index (κ1) is 13.9. The van der Waals surface area contributed by atoms with Crippen LogP contribution in [0.3, 0.4) is 0 Å². The summed E-state index contributed by atoms with van der Waals surface area (Å²) < 4.78 is 16.0. The molecule has 3 nitrogen and oxygen atoms in total. The highest BCUT2D eigenvalue weighted by Crippen LogP contribution is 2.50.